The number of morpholine rings is 1. The maximum atomic E-state index is 6.75. The summed E-state index contributed by atoms with van der Waals surface area (Å²) in [6.45, 7) is 6.84. The molecule has 0 aromatic heterocycles. The number of hydrogen-bond acceptors (Lipinski definition) is 2. The quantitative estimate of drug-likeness (QED) is 0.845. The Bertz CT molecular complexity index is 340. The third kappa shape index (κ3) is 2.47. The molecule has 1 heterocycles. The van der Waals surface area contributed by atoms with Gasteiger partial charge in [0.05, 0.1) is 12.2 Å². The SMILES string of the molecule is CCC(CC)C1CNCC(C23CC4CC(CC(C4)C2)C3)O1. The van der Waals surface area contributed by atoms with Crippen LogP contribution in [0.2, 0.25) is 0 Å². The van der Waals surface area contributed by atoms with Crippen LogP contribution in [0.4, 0.5) is 0 Å². The van der Waals surface area contributed by atoms with Crippen LogP contribution >= 0.6 is 0 Å². The summed E-state index contributed by atoms with van der Waals surface area (Å²) in [6.07, 6.45) is 12.5. The Hall–Kier alpha value is -0.0800. The Labute approximate surface area is 130 Å². The largest absolute Gasteiger partial charge is 0.371 e. The highest BCUT2D eigenvalue weighted by atomic mass is 16.5. The zero-order valence-corrected chi connectivity index (χ0v) is 13.9. The van der Waals surface area contributed by atoms with Gasteiger partial charge in [-0.1, -0.05) is 26.7 Å². The summed E-state index contributed by atoms with van der Waals surface area (Å²) in [6, 6.07) is 0. The van der Waals surface area contributed by atoms with Crippen molar-refractivity contribution in [3.05, 3.63) is 0 Å². The molecule has 2 heteroatoms. The van der Waals surface area contributed by atoms with Crippen molar-refractivity contribution in [2.24, 2.45) is 29.1 Å². The van der Waals surface area contributed by atoms with E-state index in [1.54, 1.807) is 0 Å². The fourth-order valence-corrected chi connectivity index (χ4v) is 6.69. The molecule has 5 aliphatic rings. The highest BCUT2D eigenvalue weighted by molar-refractivity contribution is 5.06. The number of ether oxygens (including phenoxy) is 1. The molecule has 0 amide bonds. The van der Waals surface area contributed by atoms with Gasteiger partial charge in [0, 0.05) is 13.1 Å². The Morgan fingerprint density at radius 2 is 1.52 bits per heavy atom. The summed E-state index contributed by atoms with van der Waals surface area (Å²) in [4.78, 5) is 0. The molecule has 4 bridgehead atoms. The summed E-state index contributed by atoms with van der Waals surface area (Å²) in [5, 5.41) is 3.73. The monoisotopic (exact) mass is 291 g/mol. The van der Waals surface area contributed by atoms with E-state index in [4.69, 9.17) is 4.74 Å². The van der Waals surface area contributed by atoms with Crippen LogP contribution in [0.25, 0.3) is 0 Å². The molecule has 0 radical (unpaired) electrons. The Morgan fingerprint density at radius 3 is 2.05 bits per heavy atom. The summed E-state index contributed by atoms with van der Waals surface area (Å²) < 4.78 is 6.75. The van der Waals surface area contributed by atoms with Gasteiger partial charge in [0.1, 0.15) is 0 Å². The minimum Gasteiger partial charge on any atom is -0.371 e. The molecule has 120 valence electrons. The molecule has 21 heavy (non-hydrogen) atoms. The predicted molar refractivity (Wildman–Crippen MR) is 86.2 cm³/mol. The molecule has 1 N–H and O–H groups in total. The Morgan fingerprint density at radius 1 is 0.952 bits per heavy atom. The fraction of sp³-hybridized carbons (Fsp3) is 1.00. The molecule has 0 aromatic carbocycles. The van der Waals surface area contributed by atoms with Crippen LogP contribution in [0.1, 0.15) is 65.2 Å². The van der Waals surface area contributed by atoms with Crippen molar-refractivity contribution in [3.63, 3.8) is 0 Å². The molecular weight excluding hydrogens is 258 g/mol. The fourth-order valence-electron chi connectivity index (χ4n) is 6.69. The van der Waals surface area contributed by atoms with E-state index < -0.39 is 0 Å². The van der Waals surface area contributed by atoms with Crippen LogP contribution in [0.5, 0.6) is 0 Å². The molecule has 1 aliphatic heterocycles. The van der Waals surface area contributed by atoms with Crippen LogP contribution in [-0.2, 0) is 4.74 Å². The lowest BCUT2D eigenvalue weighted by Gasteiger charge is -2.60. The van der Waals surface area contributed by atoms with Crippen molar-refractivity contribution in [2.45, 2.75) is 77.4 Å². The number of hydrogen-bond donors (Lipinski definition) is 1. The first-order valence-electron chi connectivity index (χ1n) is 9.58. The van der Waals surface area contributed by atoms with Crippen molar-refractivity contribution in [2.75, 3.05) is 13.1 Å². The standard InChI is InChI=1S/C19H33NO/c1-3-16(4-2)17-11-20-12-18(21-17)19-8-13-5-14(9-19)7-15(6-13)10-19/h13-18,20H,3-12H2,1-2H3. The van der Waals surface area contributed by atoms with Crippen molar-refractivity contribution in [1.82, 2.24) is 5.32 Å². The van der Waals surface area contributed by atoms with E-state index in [0.29, 0.717) is 17.6 Å². The third-order valence-corrected chi connectivity index (χ3v) is 7.36. The van der Waals surface area contributed by atoms with Crippen molar-refractivity contribution < 1.29 is 4.74 Å². The predicted octanol–water partition coefficient (Wildman–Crippen LogP) is 4.00. The number of rotatable bonds is 4. The molecule has 0 aromatic rings. The van der Waals surface area contributed by atoms with Crippen LogP contribution in [-0.4, -0.2) is 25.3 Å². The van der Waals surface area contributed by atoms with E-state index in [9.17, 15) is 0 Å². The summed E-state index contributed by atoms with van der Waals surface area (Å²) >= 11 is 0. The summed E-state index contributed by atoms with van der Waals surface area (Å²) in [5.74, 6) is 3.85. The first kappa shape index (κ1) is 14.5. The maximum absolute atomic E-state index is 6.75. The lowest BCUT2D eigenvalue weighted by atomic mass is 9.48. The minimum atomic E-state index is 0.465. The maximum Gasteiger partial charge on any atom is 0.0760 e. The second-order valence-electron chi connectivity index (χ2n) is 8.68. The van der Waals surface area contributed by atoms with Gasteiger partial charge in [0.25, 0.3) is 0 Å². The van der Waals surface area contributed by atoms with Gasteiger partial charge in [-0.05, 0) is 67.6 Å². The molecule has 2 nitrogen and oxygen atoms in total. The molecule has 2 unspecified atom stereocenters. The minimum absolute atomic E-state index is 0.465. The zero-order valence-electron chi connectivity index (χ0n) is 13.9. The molecule has 4 aliphatic carbocycles. The van der Waals surface area contributed by atoms with Gasteiger partial charge in [-0.2, -0.15) is 0 Å². The summed E-state index contributed by atoms with van der Waals surface area (Å²) in [7, 11) is 0. The second-order valence-corrected chi connectivity index (χ2v) is 8.68. The first-order valence-corrected chi connectivity index (χ1v) is 9.58. The lowest BCUT2D eigenvalue weighted by molar-refractivity contribution is -0.179. The van der Waals surface area contributed by atoms with E-state index in [1.165, 1.54) is 51.4 Å². The van der Waals surface area contributed by atoms with Crippen molar-refractivity contribution >= 4 is 0 Å². The van der Waals surface area contributed by atoms with Crippen molar-refractivity contribution in [1.29, 1.82) is 0 Å². The van der Waals surface area contributed by atoms with Crippen molar-refractivity contribution in [3.8, 4) is 0 Å². The molecule has 4 saturated carbocycles. The highest BCUT2D eigenvalue weighted by Gasteiger charge is 2.55. The van der Waals surface area contributed by atoms with Gasteiger partial charge in [-0.25, -0.2) is 0 Å². The smallest absolute Gasteiger partial charge is 0.0760 e. The van der Waals surface area contributed by atoms with Gasteiger partial charge >= 0.3 is 0 Å². The second kappa shape index (κ2) is 5.53. The van der Waals surface area contributed by atoms with Gasteiger partial charge in [-0.15, -0.1) is 0 Å². The Kier molecular flexibility index (Phi) is 3.82. The molecule has 0 spiro atoms. The lowest BCUT2D eigenvalue weighted by Crippen LogP contribution is -2.59. The number of nitrogens with one attached hydrogen (secondary N) is 1. The first-order chi connectivity index (χ1) is 10.2. The van der Waals surface area contributed by atoms with Gasteiger partial charge in [0.2, 0.25) is 0 Å². The van der Waals surface area contributed by atoms with Crippen LogP contribution in [0.3, 0.4) is 0 Å². The van der Waals surface area contributed by atoms with Crippen LogP contribution in [0.15, 0.2) is 0 Å². The van der Waals surface area contributed by atoms with Crippen LogP contribution in [0, 0.1) is 29.1 Å². The topological polar surface area (TPSA) is 21.3 Å². The molecule has 1 saturated heterocycles. The third-order valence-electron chi connectivity index (χ3n) is 7.36. The molecule has 5 fully saturated rings. The van der Waals surface area contributed by atoms with E-state index in [0.717, 1.165) is 36.8 Å². The van der Waals surface area contributed by atoms with Gasteiger partial charge < -0.3 is 10.1 Å². The molecular formula is C19H33NO. The molecule has 5 rings (SSSR count). The average molecular weight is 291 g/mol. The van der Waals surface area contributed by atoms with Gasteiger partial charge in [-0.3, -0.25) is 0 Å². The van der Waals surface area contributed by atoms with E-state index >= 15 is 0 Å². The highest BCUT2D eigenvalue weighted by Crippen LogP contribution is 2.62. The van der Waals surface area contributed by atoms with E-state index in [1.807, 2.05) is 0 Å². The van der Waals surface area contributed by atoms with E-state index in [2.05, 4.69) is 19.2 Å². The summed E-state index contributed by atoms with van der Waals surface area (Å²) in [5.41, 5.74) is 0.548. The molecule has 2 atom stereocenters. The Balaban J connectivity index is 1.50. The van der Waals surface area contributed by atoms with Crippen LogP contribution < -0.4 is 5.32 Å². The van der Waals surface area contributed by atoms with E-state index in [-0.39, 0.29) is 0 Å². The normalized spacial score (nSPS) is 49.0. The average Bonchev–Trinajstić information content (AvgIpc) is 2.47. The van der Waals surface area contributed by atoms with Gasteiger partial charge in [0.15, 0.2) is 0 Å². The zero-order chi connectivity index (χ0) is 14.4.